The van der Waals surface area contributed by atoms with Gasteiger partial charge in [-0.15, -0.1) is 11.3 Å². The Morgan fingerprint density at radius 2 is 1.83 bits per heavy atom. The van der Waals surface area contributed by atoms with E-state index in [1.54, 1.807) is 11.3 Å². The minimum atomic E-state index is 0.672. The number of hydrogen-bond acceptors (Lipinski definition) is 4. The van der Waals surface area contributed by atoms with Crippen molar-refractivity contribution >= 4 is 22.2 Å². The summed E-state index contributed by atoms with van der Waals surface area (Å²) < 4.78 is 0. The Bertz CT molecular complexity index is 514. The maximum Gasteiger partial charge on any atom is 0.180 e. The van der Waals surface area contributed by atoms with Crippen LogP contribution >= 0.6 is 11.3 Å². The molecule has 2 rings (SSSR count). The molecule has 1 heterocycles. The summed E-state index contributed by atoms with van der Waals surface area (Å²) in [7, 11) is 4.11. The molecule has 0 spiro atoms. The molecule has 0 saturated heterocycles. The van der Waals surface area contributed by atoms with Crippen LogP contribution < -0.4 is 10.6 Å². The third kappa shape index (κ3) is 3.01. The van der Waals surface area contributed by atoms with E-state index in [1.807, 2.05) is 6.92 Å². The lowest BCUT2D eigenvalue weighted by molar-refractivity contribution is 0.961. The van der Waals surface area contributed by atoms with E-state index in [2.05, 4.69) is 48.2 Å². The van der Waals surface area contributed by atoms with Crippen LogP contribution in [-0.2, 0) is 12.8 Å². The number of rotatable bonds is 4. The molecule has 0 bridgehead atoms. The van der Waals surface area contributed by atoms with Gasteiger partial charge in [0.25, 0.3) is 0 Å². The van der Waals surface area contributed by atoms with Gasteiger partial charge in [0, 0.05) is 24.7 Å². The lowest BCUT2D eigenvalue weighted by Gasteiger charge is -2.12. The lowest BCUT2D eigenvalue weighted by atomic mass is 10.1. The molecule has 0 saturated carbocycles. The predicted molar refractivity (Wildman–Crippen MR) is 79.4 cm³/mol. The molecule has 0 unspecified atom stereocenters. The predicted octanol–water partition coefficient (Wildman–Crippen LogP) is 2.88. The van der Waals surface area contributed by atoms with E-state index >= 15 is 0 Å². The van der Waals surface area contributed by atoms with Crippen LogP contribution in [-0.4, -0.2) is 19.1 Å². The van der Waals surface area contributed by atoms with Crippen molar-refractivity contribution in [3.63, 3.8) is 0 Å². The molecule has 3 nitrogen and oxygen atoms in total. The third-order valence-electron chi connectivity index (χ3n) is 3.00. The van der Waals surface area contributed by atoms with Gasteiger partial charge in [-0.05, 0) is 37.5 Å². The van der Waals surface area contributed by atoms with Crippen LogP contribution in [0.1, 0.15) is 16.1 Å². The highest BCUT2D eigenvalue weighted by atomic mass is 32.1. The number of nitrogens with zero attached hydrogens (tertiary/aromatic N) is 2. The summed E-state index contributed by atoms with van der Waals surface area (Å²) in [6, 6.07) is 8.69. The first-order valence-electron chi connectivity index (χ1n) is 6.04. The van der Waals surface area contributed by atoms with Crippen molar-refractivity contribution in [3.8, 4) is 0 Å². The summed E-state index contributed by atoms with van der Waals surface area (Å²) >= 11 is 1.60. The fraction of sp³-hybridized carbons (Fsp3) is 0.357. The molecule has 18 heavy (non-hydrogen) atoms. The summed E-state index contributed by atoms with van der Waals surface area (Å²) in [5, 5.41) is 0.672. The molecular formula is C14H19N3S. The highest BCUT2D eigenvalue weighted by molar-refractivity contribution is 7.15. The zero-order valence-electron chi connectivity index (χ0n) is 11.1. The van der Waals surface area contributed by atoms with Gasteiger partial charge in [-0.1, -0.05) is 12.1 Å². The molecule has 0 atom stereocenters. The Morgan fingerprint density at radius 3 is 2.33 bits per heavy atom. The second-order valence-electron chi connectivity index (χ2n) is 4.62. The largest absolute Gasteiger partial charge is 0.378 e. The first kappa shape index (κ1) is 12.9. The molecule has 96 valence electrons. The second kappa shape index (κ2) is 5.40. The summed E-state index contributed by atoms with van der Waals surface area (Å²) in [4.78, 5) is 7.65. The molecule has 2 aromatic rings. The van der Waals surface area contributed by atoms with Crippen molar-refractivity contribution in [1.29, 1.82) is 0 Å². The van der Waals surface area contributed by atoms with E-state index in [9.17, 15) is 0 Å². The number of thiazole rings is 1. The maximum atomic E-state index is 5.70. The van der Waals surface area contributed by atoms with Crippen LogP contribution in [0.3, 0.4) is 0 Å². The normalized spacial score (nSPS) is 10.6. The topological polar surface area (TPSA) is 42.1 Å². The van der Waals surface area contributed by atoms with Crippen molar-refractivity contribution in [2.75, 3.05) is 24.7 Å². The van der Waals surface area contributed by atoms with E-state index < -0.39 is 0 Å². The highest BCUT2D eigenvalue weighted by Gasteiger charge is 2.05. The molecule has 0 amide bonds. The Hall–Kier alpha value is -1.55. The van der Waals surface area contributed by atoms with Crippen molar-refractivity contribution in [2.24, 2.45) is 0 Å². The number of aromatic nitrogens is 1. The number of aryl methyl sites for hydroxylation is 3. The van der Waals surface area contributed by atoms with E-state index in [0.717, 1.165) is 18.5 Å². The van der Waals surface area contributed by atoms with Crippen LogP contribution in [0.15, 0.2) is 24.3 Å². The monoisotopic (exact) mass is 261 g/mol. The van der Waals surface area contributed by atoms with E-state index in [-0.39, 0.29) is 0 Å². The quantitative estimate of drug-likeness (QED) is 0.920. The molecule has 0 fully saturated rings. The Labute approximate surface area is 112 Å². The zero-order chi connectivity index (χ0) is 13.1. The molecule has 2 N–H and O–H groups in total. The number of nitrogens with two attached hydrogens (primary N) is 1. The second-order valence-corrected chi connectivity index (χ2v) is 5.74. The molecule has 4 heteroatoms. The molecule has 0 aliphatic rings. The molecule has 1 aromatic heterocycles. The summed E-state index contributed by atoms with van der Waals surface area (Å²) in [6.45, 7) is 2.03. The van der Waals surface area contributed by atoms with E-state index in [4.69, 9.17) is 5.73 Å². The molecule has 0 radical (unpaired) electrons. The van der Waals surface area contributed by atoms with Gasteiger partial charge in [-0.25, -0.2) is 4.98 Å². The number of benzene rings is 1. The van der Waals surface area contributed by atoms with E-state index in [1.165, 1.54) is 16.1 Å². The lowest BCUT2D eigenvalue weighted by Crippen LogP contribution is -2.08. The first-order valence-corrected chi connectivity index (χ1v) is 6.86. The van der Waals surface area contributed by atoms with Crippen LogP contribution in [0.5, 0.6) is 0 Å². The van der Waals surface area contributed by atoms with Crippen LogP contribution in [0.2, 0.25) is 0 Å². The standard InChI is InChI=1S/C14H19N3S/c1-10-13(18-14(15)16-10)9-6-11-4-7-12(8-5-11)17(2)3/h4-5,7-8H,6,9H2,1-3H3,(H2,15,16). The van der Waals surface area contributed by atoms with Gasteiger partial charge in [0.1, 0.15) is 0 Å². The molecule has 1 aromatic carbocycles. The Balaban J connectivity index is 2.00. The van der Waals surface area contributed by atoms with Gasteiger partial charge >= 0.3 is 0 Å². The van der Waals surface area contributed by atoms with Crippen LogP contribution in [0.25, 0.3) is 0 Å². The number of anilines is 2. The smallest absolute Gasteiger partial charge is 0.180 e. The van der Waals surface area contributed by atoms with Crippen molar-refractivity contribution < 1.29 is 0 Å². The van der Waals surface area contributed by atoms with Crippen LogP contribution in [0.4, 0.5) is 10.8 Å². The van der Waals surface area contributed by atoms with Gasteiger partial charge in [0.15, 0.2) is 5.13 Å². The Kier molecular flexibility index (Phi) is 3.87. The first-order chi connectivity index (χ1) is 8.56. The van der Waals surface area contributed by atoms with Crippen molar-refractivity contribution in [3.05, 3.63) is 40.4 Å². The minimum Gasteiger partial charge on any atom is -0.378 e. The van der Waals surface area contributed by atoms with Gasteiger partial charge < -0.3 is 10.6 Å². The zero-order valence-corrected chi connectivity index (χ0v) is 11.9. The highest BCUT2D eigenvalue weighted by Crippen LogP contribution is 2.22. The number of hydrogen-bond donors (Lipinski definition) is 1. The van der Waals surface area contributed by atoms with Crippen molar-refractivity contribution in [1.82, 2.24) is 4.98 Å². The molecule has 0 aliphatic heterocycles. The fourth-order valence-electron chi connectivity index (χ4n) is 1.90. The van der Waals surface area contributed by atoms with E-state index in [0.29, 0.717) is 5.13 Å². The van der Waals surface area contributed by atoms with Crippen molar-refractivity contribution in [2.45, 2.75) is 19.8 Å². The summed E-state index contributed by atoms with van der Waals surface area (Å²) in [5.41, 5.74) is 9.36. The van der Waals surface area contributed by atoms with Crippen LogP contribution in [0, 0.1) is 6.92 Å². The maximum absolute atomic E-state index is 5.70. The summed E-state index contributed by atoms with van der Waals surface area (Å²) in [6.07, 6.45) is 2.05. The minimum absolute atomic E-state index is 0.672. The third-order valence-corrected chi connectivity index (χ3v) is 4.05. The van der Waals surface area contributed by atoms with Gasteiger partial charge in [-0.3, -0.25) is 0 Å². The number of nitrogen functional groups attached to an aromatic ring is 1. The molecular weight excluding hydrogens is 242 g/mol. The summed E-state index contributed by atoms with van der Waals surface area (Å²) in [5.74, 6) is 0. The fourth-order valence-corrected chi connectivity index (χ4v) is 2.73. The van der Waals surface area contributed by atoms with Gasteiger partial charge in [0.05, 0.1) is 5.69 Å². The SMILES string of the molecule is Cc1nc(N)sc1CCc1ccc(N(C)C)cc1. The molecule has 0 aliphatic carbocycles. The average molecular weight is 261 g/mol. The van der Waals surface area contributed by atoms with Gasteiger partial charge in [0.2, 0.25) is 0 Å². The average Bonchev–Trinajstić information content (AvgIpc) is 2.66. The Morgan fingerprint density at radius 1 is 1.17 bits per heavy atom. The van der Waals surface area contributed by atoms with Gasteiger partial charge in [-0.2, -0.15) is 0 Å².